The maximum Gasteiger partial charge on any atom is 0.417 e. The fraction of sp³-hybridized carbons (Fsp3) is 0.182. The lowest BCUT2D eigenvalue weighted by Gasteiger charge is -2.12. The zero-order valence-electron chi connectivity index (χ0n) is 17.5. The van der Waals surface area contributed by atoms with E-state index < -0.39 is 17.6 Å². The Labute approximate surface area is 181 Å². The maximum absolute atomic E-state index is 13.2. The van der Waals surface area contributed by atoms with Crippen LogP contribution in [0.15, 0.2) is 48.5 Å². The molecule has 3 N–H and O–H groups in total. The number of ether oxygens (including phenoxy) is 1. The molecule has 0 fully saturated rings. The molecule has 7 nitrogen and oxygen atoms in total. The molecule has 0 unspecified atom stereocenters. The Bertz CT molecular complexity index is 1200. The van der Waals surface area contributed by atoms with Gasteiger partial charge in [-0.1, -0.05) is 24.3 Å². The van der Waals surface area contributed by atoms with E-state index in [2.05, 4.69) is 20.3 Å². The van der Waals surface area contributed by atoms with Gasteiger partial charge < -0.3 is 20.4 Å². The summed E-state index contributed by atoms with van der Waals surface area (Å²) in [5.41, 5.74) is -0.341. The number of hydrogen-bond acceptors (Lipinski definition) is 5. The van der Waals surface area contributed by atoms with Crippen molar-refractivity contribution in [3.8, 4) is 5.88 Å². The first-order valence-electron chi connectivity index (χ1n) is 9.43. The Morgan fingerprint density at radius 3 is 2.56 bits per heavy atom. The lowest BCUT2D eigenvalue weighted by Crippen LogP contribution is -2.14. The van der Waals surface area contributed by atoms with Crippen molar-refractivity contribution in [2.45, 2.75) is 20.0 Å². The number of imidazole rings is 1. The Kier molecular flexibility index (Phi) is 6.42. The second-order valence-corrected chi connectivity index (χ2v) is 6.86. The fourth-order valence-corrected chi connectivity index (χ4v) is 2.92. The van der Waals surface area contributed by atoms with Crippen molar-refractivity contribution >= 4 is 23.0 Å². The number of carbonyl (C=O) groups is 1. The molecule has 3 rings (SSSR count). The molecule has 0 saturated carbocycles. The molecule has 32 heavy (non-hydrogen) atoms. The van der Waals surface area contributed by atoms with Crippen molar-refractivity contribution in [3.63, 3.8) is 0 Å². The summed E-state index contributed by atoms with van der Waals surface area (Å²) in [5.74, 6) is 0.335. The number of H-pyrrole nitrogens is 1. The summed E-state index contributed by atoms with van der Waals surface area (Å²) >= 11 is 0. The molecule has 10 heteroatoms. The van der Waals surface area contributed by atoms with Crippen LogP contribution < -0.4 is 10.1 Å². The normalized spacial score (nSPS) is 11.9. The molecule has 1 aromatic carbocycles. The minimum absolute atomic E-state index is 0.131. The van der Waals surface area contributed by atoms with Crippen molar-refractivity contribution in [3.05, 3.63) is 76.9 Å². The third-order valence-corrected chi connectivity index (χ3v) is 4.54. The van der Waals surface area contributed by atoms with Crippen molar-refractivity contribution in [1.29, 1.82) is 5.41 Å². The molecule has 0 aliphatic rings. The minimum atomic E-state index is -4.57. The first-order valence-corrected chi connectivity index (χ1v) is 9.43. The van der Waals surface area contributed by atoms with E-state index in [1.165, 1.54) is 37.5 Å². The average molecular weight is 443 g/mol. The summed E-state index contributed by atoms with van der Waals surface area (Å²) in [6.07, 6.45) is -3.28. The van der Waals surface area contributed by atoms with E-state index in [1.54, 1.807) is 26.0 Å². The second kappa shape index (κ2) is 9.04. The minimum Gasteiger partial charge on any atom is -0.481 e. The molecule has 0 spiro atoms. The molecule has 0 radical (unpaired) electrons. The van der Waals surface area contributed by atoms with E-state index in [9.17, 15) is 18.0 Å². The Balaban J connectivity index is 1.83. The van der Waals surface area contributed by atoms with Gasteiger partial charge in [0.05, 0.1) is 24.1 Å². The van der Waals surface area contributed by atoms with Crippen molar-refractivity contribution in [2.24, 2.45) is 0 Å². The van der Waals surface area contributed by atoms with Gasteiger partial charge in [-0.05, 0) is 37.6 Å². The molecule has 0 atom stereocenters. The number of methoxy groups -OCH3 is 1. The molecular formula is C22H20F3N5O2. The van der Waals surface area contributed by atoms with Gasteiger partial charge in [0.1, 0.15) is 11.5 Å². The van der Waals surface area contributed by atoms with Gasteiger partial charge >= 0.3 is 6.18 Å². The molecule has 3 aromatic rings. The standard InChI is InChI=1S/C22H20F3N5O2/c1-12(11-16(26)14-7-4-5-8-15(14)22(23,24)25)19-27-13(2)20(29-19)30-21(31)17-9-6-10-18(28-17)32-3/h4-11,26H,1-3H3,(H,27,29)(H,30,31)/b12-11-,26-16?. The van der Waals surface area contributed by atoms with E-state index in [1.807, 2.05) is 0 Å². The number of nitrogens with zero attached hydrogens (tertiary/aromatic N) is 2. The van der Waals surface area contributed by atoms with Crippen LogP contribution in [-0.2, 0) is 6.18 Å². The number of carbonyl (C=O) groups excluding carboxylic acids is 1. The molecule has 0 aliphatic carbocycles. The van der Waals surface area contributed by atoms with Crippen LogP contribution in [0.2, 0.25) is 0 Å². The number of amides is 1. The Morgan fingerprint density at radius 2 is 1.88 bits per heavy atom. The van der Waals surface area contributed by atoms with Crippen LogP contribution in [0.5, 0.6) is 5.88 Å². The van der Waals surface area contributed by atoms with E-state index in [-0.39, 0.29) is 28.7 Å². The van der Waals surface area contributed by atoms with Crippen LogP contribution in [0, 0.1) is 12.3 Å². The lowest BCUT2D eigenvalue weighted by atomic mass is 10.0. The summed E-state index contributed by atoms with van der Waals surface area (Å²) in [6.45, 7) is 3.29. The van der Waals surface area contributed by atoms with E-state index in [4.69, 9.17) is 10.1 Å². The largest absolute Gasteiger partial charge is 0.481 e. The SMILES string of the molecule is COc1cccc(C(=O)Nc2nc(/C(C)=C\C(=N)c3ccccc3C(F)(F)F)[nH]c2C)n1. The molecule has 2 aromatic heterocycles. The van der Waals surface area contributed by atoms with Crippen LogP contribution in [-0.4, -0.2) is 33.7 Å². The van der Waals surface area contributed by atoms with Gasteiger partial charge in [-0.2, -0.15) is 13.2 Å². The summed E-state index contributed by atoms with van der Waals surface area (Å²) in [5, 5.41) is 10.8. The highest BCUT2D eigenvalue weighted by Crippen LogP contribution is 2.32. The number of aryl methyl sites for hydroxylation is 1. The van der Waals surface area contributed by atoms with Gasteiger partial charge in [0.2, 0.25) is 5.88 Å². The number of hydrogen-bond donors (Lipinski definition) is 3. The summed E-state index contributed by atoms with van der Waals surface area (Å²) in [4.78, 5) is 23.8. The van der Waals surface area contributed by atoms with Crippen LogP contribution in [0.1, 0.15) is 40.1 Å². The molecule has 1 amide bonds. The quantitative estimate of drug-likeness (QED) is 0.473. The maximum atomic E-state index is 13.2. The molecule has 0 bridgehead atoms. The number of pyridine rings is 1. The predicted octanol–water partition coefficient (Wildman–Crippen LogP) is 4.86. The molecule has 0 saturated heterocycles. The number of nitrogens with one attached hydrogen (secondary N) is 3. The van der Waals surface area contributed by atoms with E-state index in [0.29, 0.717) is 17.1 Å². The smallest absolute Gasteiger partial charge is 0.417 e. The average Bonchev–Trinajstić information content (AvgIpc) is 3.13. The Hall–Kier alpha value is -3.95. The molecule has 166 valence electrons. The summed E-state index contributed by atoms with van der Waals surface area (Å²) in [6, 6.07) is 9.65. The predicted molar refractivity (Wildman–Crippen MR) is 114 cm³/mol. The van der Waals surface area contributed by atoms with E-state index >= 15 is 0 Å². The third-order valence-electron chi connectivity index (χ3n) is 4.54. The zero-order valence-corrected chi connectivity index (χ0v) is 17.5. The van der Waals surface area contributed by atoms with Crippen LogP contribution in [0.4, 0.5) is 19.0 Å². The molecule has 2 heterocycles. The highest BCUT2D eigenvalue weighted by molar-refractivity contribution is 6.11. The van der Waals surface area contributed by atoms with Crippen LogP contribution in [0.25, 0.3) is 5.57 Å². The highest BCUT2D eigenvalue weighted by Gasteiger charge is 2.33. The van der Waals surface area contributed by atoms with E-state index in [0.717, 1.165) is 6.07 Å². The zero-order chi connectivity index (χ0) is 23.5. The molecular weight excluding hydrogens is 423 g/mol. The van der Waals surface area contributed by atoms with Gasteiger partial charge in [0, 0.05) is 11.6 Å². The number of aromatic nitrogens is 3. The number of allylic oxidation sites excluding steroid dienone is 2. The Morgan fingerprint density at radius 1 is 1.16 bits per heavy atom. The summed E-state index contributed by atoms with van der Waals surface area (Å²) in [7, 11) is 1.44. The van der Waals surface area contributed by atoms with Gasteiger partial charge in [0.15, 0.2) is 5.82 Å². The van der Waals surface area contributed by atoms with Gasteiger partial charge in [-0.3, -0.25) is 4.79 Å². The van der Waals surface area contributed by atoms with Gasteiger partial charge in [-0.15, -0.1) is 0 Å². The summed E-state index contributed by atoms with van der Waals surface area (Å²) < 4.78 is 44.7. The lowest BCUT2D eigenvalue weighted by molar-refractivity contribution is -0.137. The third kappa shape index (κ3) is 5.02. The highest BCUT2D eigenvalue weighted by atomic mass is 19.4. The monoisotopic (exact) mass is 443 g/mol. The topological polar surface area (TPSA) is 104 Å². The molecule has 0 aliphatic heterocycles. The van der Waals surface area contributed by atoms with Gasteiger partial charge in [0.25, 0.3) is 5.91 Å². The number of anilines is 1. The van der Waals surface area contributed by atoms with Crippen molar-refractivity contribution in [2.75, 3.05) is 12.4 Å². The van der Waals surface area contributed by atoms with Crippen LogP contribution >= 0.6 is 0 Å². The second-order valence-electron chi connectivity index (χ2n) is 6.86. The number of aromatic amines is 1. The van der Waals surface area contributed by atoms with Crippen molar-refractivity contribution < 1.29 is 22.7 Å². The first-order chi connectivity index (χ1) is 15.1. The van der Waals surface area contributed by atoms with Gasteiger partial charge in [-0.25, -0.2) is 9.97 Å². The fourth-order valence-electron chi connectivity index (χ4n) is 2.92. The van der Waals surface area contributed by atoms with Crippen LogP contribution in [0.3, 0.4) is 0 Å². The number of alkyl halides is 3. The number of halogens is 3. The van der Waals surface area contributed by atoms with Crippen molar-refractivity contribution in [1.82, 2.24) is 15.0 Å². The number of benzene rings is 1. The first kappa shape index (κ1) is 22.7. The number of rotatable bonds is 6.